The van der Waals surface area contributed by atoms with E-state index in [1.165, 1.54) is 4.88 Å². The van der Waals surface area contributed by atoms with Crippen molar-refractivity contribution in [2.45, 2.75) is 39.5 Å². The van der Waals surface area contributed by atoms with Crippen molar-refractivity contribution in [2.24, 2.45) is 5.92 Å². The van der Waals surface area contributed by atoms with Crippen LogP contribution in [0.4, 0.5) is 4.79 Å². The van der Waals surface area contributed by atoms with Gasteiger partial charge < -0.3 is 14.6 Å². The Labute approximate surface area is 168 Å². The van der Waals surface area contributed by atoms with E-state index in [2.05, 4.69) is 10.6 Å². The van der Waals surface area contributed by atoms with Crippen molar-refractivity contribution in [1.82, 2.24) is 15.2 Å². The molecule has 0 radical (unpaired) electrons. The lowest BCUT2D eigenvalue weighted by molar-refractivity contribution is -0.123. The fraction of sp³-hybridized carbons (Fsp3) is 0.450. The van der Waals surface area contributed by atoms with E-state index in [9.17, 15) is 14.4 Å². The second-order valence-corrected chi connectivity index (χ2v) is 8.29. The molecule has 3 amide bonds. The number of thiophene rings is 1. The first-order valence-electron chi connectivity index (χ1n) is 9.48. The van der Waals surface area contributed by atoms with Crippen LogP contribution in [0.5, 0.6) is 0 Å². The number of nitrogens with zero attached hydrogens (tertiary/aromatic N) is 1. The Hall–Kier alpha value is -2.61. The molecule has 1 aliphatic carbocycles. The van der Waals surface area contributed by atoms with E-state index in [4.69, 9.17) is 4.74 Å². The van der Waals surface area contributed by atoms with Crippen molar-refractivity contribution in [3.63, 3.8) is 0 Å². The minimum atomic E-state index is -0.652. The van der Waals surface area contributed by atoms with Gasteiger partial charge in [-0.15, -0.1) is 11.3 Å². The predicted molar refractivity (Wildman–Crippen MR) is 107 cm³/mol. The van der Waals surface area contributed by atoms with Gasteiger partial charge >= 0.3 is 12.0 Å². The second-order valence-electron chi connectivity index (χ2n) is 7.21. The first-order valence-corrected chi connectivity index (χ1v) is 10.3. The van der Waals surface area contributed by atoms with Crippen LogP contribution < -0.4 is 10.6 Å². The summed E-state index contributed by atoms with van der Waals surface area (Å²) >= 11 is 1.60. The second kappa shape index (κ2) is 9.05. The minimum Gasteiger partial charge on any atom is -0.452 e. The van der Waals surface area contributed by atoms with Gasteiger partial charge in [-0.05, 0) is 49.3 Å². The molecule has 7 nitrogen and oxygen atoms in total. The fourth-order valence-corrected chi connectivity index (χ4v) is 4.46. The molecule has 0 atom stereocenters. The molecule has 0 spiro atoms. The number of fused-ring (bicyclic) bond motifs is 1. The molecule has 0 fully saturated rings. The fourth-order valence-electron chi connectivity index (χ4n) is 3.12. The lowest BCUT2D eigenvalue weighted by Crippen LogP contribution is -2.42. The molecular weight excluding hydrogens is 378 g/mol. The molecule has 0 bridgehead atoms. The average molecular weight is 404 g/mol. The van der Waals surface area contributed by atoms with E-state index in [1.807, 2.05) is 42.9 Å². The average Bonchev–Trinajstić information content (AvgIpc) is 3.31. The number of amides is 3. The number of nitrogens with one attached hydrogen (secondary N) is 2. The molecule has 28 heavy (non-hydrogen) atoms. The van der Waals surface area contributed by atoms with Gasteiger partial charge in [0.25, 0.3) is 5.91 Å². The van der Waals surface area contributed by atoms with Crippen LogP contribution in [0.15, 0.2) is 24.5 Å². The highest BCUT2D eigenvalue weighted by molar-refractivity contribution is 7.15. The Kier molecular flexibility index (Phi) is 6.51. The predicted octanol–water partition coefficient (Wildman–Crippen LogP) is 3.06. The lowest BCUT2D eigenvalue weighted by atomic mass is 9.95. The zero-order chi connectivity index (χ0) is 20.1. The van der Waals surface area contributed by atoms with E-state index in [-0.39, 0.29) is 5.92 Å². The molecule has 3 rings (SSSR count). The highest BCUT2D eigenvalue weighted by Gasteiger charge is 2.27. The van der Waals surface area contributed by atoms with Crippen molar-refractivity contribution >= 4 is 29.2 Å². The Morgan fingerprint density at radius 2 is 1.89 bits per heavy atom. The van der Waals surface area contributed by atoms with Crippen molar-refractivity contribution in [3.8, 4) is 5.00 Å². The van der Waals surface area contributed by atoms with Crippen LogP contribution >= 0.6 is 11.3 Å². The van der Waals surface area contributed by atoms with Gasteiger partial charge in [0, 0.05) is 23.8 Å². The number of carbonyl (C=O) groups excluding carboxylic acids is 3. The van der Waals surface area contributed by atoms with E-state index in [0.717, 1.165) is 36.2 Å². The van der Waals surface area contributed by atoms with Crippen molar-refractivity contribution < 1.29 is 19.1 Å². The molecule has 1 aliphatic rings. The summed E-state index contributed by atoms with van der Waals surface area (Å²) in [5.74, 6) is -0.905. The molecule has 2 aromatic rings. The quantitative estimate of drug-likeness (QED) is 0.726. The number of aromatic nitrogens is 1. The number of imide groups is 1. The lowest BCUT2D eigenvalue weighted by Gasteiger charge is -2.13. The van der Waals surface area contributed by atoms with Crippen LogP contribution in [0.25, 0.3) is 5.00 Å². The molecule has 2 N–H and O–H groups in total. The van der Waals surface area contributed by atoms with Crippen LogP contribution in [-0.4, -0.2) is 35.6 Å². The summed E-state index contributed by atoms with van der Waals surface area (Å²) in [4.78, 5) is 37.6. The SMILES string of the molecule is CC(C)CNC(=O)NC(=O)COC(=O)c1c(-n2cccc2)sc2c1CCCC2. The summed E-state index contributed by atoms with van der Waals surface area (Å²) in [6.07, 6.45) is 7.71. The Bertz CT molecular complexity index is 855. The monoisotopic (exact) mass is 403 g/mol. The zero-order valence-corrected chi connectivity index (χ0v) is 16.9. The number of aryl methyl sites for hydroxylation is 1. The van der Waals surface area contributed by atoms with Crippen LogP contribution in [0.1, 0.15) is 47.5 Å². The number of ether oxygens (including phenoxy) is 1. The highest BCUT2D eigenvalue weighted by atomic mass is 32.1. The van der Waals surface area contributed by atoms with Gasteiger partial charge in [-0.2, -0.15) is 0 Å². The molecule has 0 saturated heterocycles. The van der Waals surface area contributed by atoms with Gasteiger partial charge in [0.05, 0.1) is 5.56 Å². The summed E-state index contributed by atoms with van der Waals surface area (Å²) in [5, 5.41) is 5.57. The third-order valence-corrected chi connectivity index (χ3v) is 5.76. The Balaban J connectivity index is 1.67. The van der Waals surface area contributed by atoms with E-state index in [0.29, 0.717) is 12.1 Å². The highest BCUT2D eigenvalue weighted by Crippen LogP contribution is 2.37. The van der Waals surface area contributed by atoms with Crippen LogP contribution in [0, 0.1) is 5.92 Å². The maximum Gasteiger partial charge on any atom is 0.341 e. The number of hydrogen-bond donors (Lipinski definition) is 2. The maximum atomic E-state index is 12.8. The largest absolute Gasteiger partial charge is 0.452 e. The van der Waals surface area contributed by atoms with Gasteiger partial charge in [0.2, 0.25) is 0 Å². The van der Waals surface area contributed by atoms with Crippen LogP contribution in [-0.2, 0) is 22.4 Å². The van der Waals surface area contributed by atoms with Gasteiger partial charge in [-0.1, -0.05) is 13.8 Å². The topological polar surface area (TPSA) is 89.4 Å². The molecule has 150 valence electrons. The van der Waals surface area contributed by atoms with Gasteiger partial charge in [0.15, 0.2) is 6.61 Å². The molecule has 0 unspecified atom stereocenters. The number of hydrogen-bond acceptors (Lipinski definition) is 5. The van der Waals surface area contributed by atoms with Crippen molar-refractivity contribution in [3.05, 3.63) is 40.5 Å². The Morgan fingerprint density at radius 3 is 2.61 bits per heavy atom. The number of urea groups is 1. The van der Waals surface area contributed by atoms with Crippen LogP contribution in [0.3, 0.4) is 0 Å². The van der Waals surface area contributed by atoms with Crippen molar-refractivity contribution in [2.75, 3.05) is 13.2 Å². The standard InChI is InChI=1S/C20H25N3O4S/c1-13(2)11-21-20(26)22-16(24)12-27-19(25)17-14-7-3-4-8-15(14)28-18(17)23-9-5-6-10-23/h5-6,9-10,13H,3-4,7-8,11-12H2,1-2H3,(H2,21,22,24,26). The molecule has 2 aromatic heterocycles. The summed E-state index contributed by atoms with van der Waals surface area (Å²) < 4.78 is 7.14. The molecule has 0 saturated carbocycles. The molecular formula is C20H25N3O4S. The summed E-state index contributed by atoms with van der Waals surface area (Å²) in [5.41, 5.74) is 1.56. The van der Waals surface area contributed by atoms with Gasteiger partial charge in [-0.3, -0.25) is 10.1 Å². The smallest absolute Gasteiger partial charge is 0.341 e. The van der Waals surface area contributed by atoms with Crippen LogP contribution in [0.2, 0.25) is 0 Å². The minimum absolute atomic E-state index is 0.274. The first-order chi connectivity index (χ1) is 13.5. The number of esters is 1. The van der Waals surface area contributed by atoms with E-state index < -0.39 is 24.5 Å². The van der Waals surface area contributed by atoms with E-state index >= 15 is 0 Å². The Morgan fingerprint density at radius 1 is 1.18 bits per heavy atom. The zero-order valence-electron chi connectivity index (χ0n) is 16.1. The third kappa shape index (κ3) is 4.81. The maximum absolute atomic E-state index is 12.8. The first kappa shape index (κ1) is 20.1. The van der Waals surface area contributed by atoms with Gasteiger partial charge in [-0.25, -0.2) is 9.59 Å². The number of rotatable bonds is 6. The molecule has 0 aliphatic heterocycles. The normalized spacial score (nSPS) is 13.1. The summed E-state index contributed by atoms with van der Waals surface area (Å²) in [7, 11) is 0. The third-order valence-electron chi connectivity index (χ3n) is 4.45. The number of carbonyl (C=O) groups is 3. The molecule has 8 heteroatoms. The summed E-state index contributed by atoms with van der Waals surface area (Å²) in [6.45, 7) is 3.87. The summed E-state index contributed by atoms with van der Waals surface area (Å²) in [6, 6.07) is 3.21. The van der Waals surface area contributed by atoms with Gasteiger partial charge in [0.1, 0.15) is 5.00 Å². The molecule has 2 heterocycles. The van der Waals surface area contributed by atoms with Crippen molar-refractivity contribution in [1.29, 1.82) is 0 Å². The van der Waals surface area contributed by atoms with E-state index in [1.54, 1.807) is 11.3 Å². The molecule has 0 aromatic carbocycles.